The van der Waals surface area contributed by atoms with Gasteiger partial charge in [-0.1, -0.05) is 17.7 Å². The Labute approximate surface area is 188 Å². The number of benzene rings is 1. The van der Waals surface area contributed by atoms with E-state index in [4.69, 9.17) is 21.3 Å². The molecular formula is C21H21ClN6O2S. The summed E-state index contributed by atoms with van der Waals surface area (Å²) in [4.78, 5) is 22.8. The molecule has 0 unspecified atom stereocenters. The van der Waals surface area contributed by atoms with E-state index in [0.717, 1.165) is 27.4 Å². The molecule has 0 spiro atoms. The van der Waals surface area contributed by atoms with E-state index in [9.17, 15) is 4.79 Å². The van der Waals surface area contributed by atoms with Gasteiger partial charge in [0.1, 0.15) is 6.61 Å². The number of ether oxygens (including phenoxy) is 1. The molecule has 5 rings (SSSR count). The highest BCUT2D eigenvalue weighted by Crippen LogP contribution is 2.27. The number of thiophene rings is 1. The highest BCUT2D eigenvalue weighted by atomic mass is 35.5. The number of fused-ring (bicyclic) bond motifs is 3. The van der Waals surface area contributed by atoms with Crippen molar-refractivity contribution in [3.63, 3.8) is 0 Å². The lowest BCUT2D eigenvalue weighted by Gasteiger charge is -2.35. The van der Waals surface area contributed by atoms with E-state index in [1.54, 1.807) is 18.4 Å². The molecule has 4 heterocycles. The van der Waals surface area contributed by atoms with Crippen LogP contribution in [0.25, 0.3) is 16.6 Å². The normalized spacial score (nSPS) is 14.6. The van der Waals surface area contributed by atoms with Crippen molar-refractivity contribution in [3.05, 3.63) is 51.4 Å². The van der Waals surface area contributed by atoms with Crippen molar-refractivity contribution in [2.24, 2.45) is 0 Å². The van der Waals surface area contributed by atoms with Gasteiger partial charge in [0.15, 0.2) is 11.5 Å². The fourth-order valence-electron chi connectivity index (χ4n) is 3.91. The lowest BCUT2D eigenvalue weighted by Crippen LogP contribution is -2.50. The van der Waals surface area contributed by atoms with Gasteiger partial charge in [-0.2, -0.15) is 0 Å². The minimum atomic E-state index is 0.162. The molecule has 1 saturated heterocycles. The molecule has 1 amide bonds. The smallest absolute Gasteiger partial charge is 0.227 e. The van der Waals surface area contributed by atoms with Crippen molar-refractivity contribution < 1.29 is 9.53 Å². The van der Waals surface area contributed by atoms with Crippen LogP contribution in [0.4, 0.5) is 5.95 Å². The van der Waals surface area contributed by atoms with Crippen LogP contribution in [-0.4, -0.2) is 63.7 Å². The molecule has 160 valence electrons. The van der Waals surface area contributed by atoms with E-state index < -0.39 is 0 Å². The van der Waals surface area contributed by atoms with Crippen molar-refractivity contribution in [2.75, 3.05) is 38.2 Å². The van der Waals surface area contributed by atoms with E-state index in [0.29, 0.717) is 50.1 Å². The number of carbonyl (C=O) groups is 1. The molecular weight excluding hydrogens is 436 g/mol. The molecule has 1 aromatic carbocycles. The monoisotopic (exact) mass is 456 g/mol. The topological polar surface area (TPSA) is 75.9 Å². The number of carbonyl (C=O) groups excluding carboxylic acids is 1. The number of methoxy groups -OCH3 is 1. The number of anilines is 1. The van der Waals surface area contributed by atoms with Crippen LogP contribution in [0.1, 0.15) is 10.7 Å². The number of nitrogens with zero attached hydrogens (tertiary/aromatic N) is 6. The van der Waals surface area contributed by atoms with Gasteiger partial charge < -0.3 is 14.5 Å². The Morgan fingerprint density at radius 1 is 1.19 bits per heavy atom. The maximum atomic E-state index is 12.7. The third kappa shape index (κ3) is 3.84. The number of amides is 1. The Balaban J connectivity index is 1.45. The largest absolute Gasteiger partial charge is 0.377 e. The molecule has 10 heteroatoms. The number of hydrogen-bond donors (Lipinski definition) is 0. The summed E-state index contributed by atoms with van der Waals surface area (Å²) in [6.45, 7) is 2.96. The molecule has 0 atom stereocenters. The summed E-state index contributed by atoms with van der Waals surface area (Å²) in [5.41, 5.74) is 1.49. The molecule has 0 aliphatic carbocycles. The van der Waals surface area contributed by atoms with Crippen molar-refractivity contribution in [1.29, 1.82) is 0 Å². The Kier molecular flexibility index (Phi) is 5.47. The van der Waals surface area contributed by atoms with Crippen LogP contribution in [-0.2, 0) is 22.6 Å². The second kappa shape index (κ2) is 8.41. The van der Waals surface area contributed by atoms with Gasteiger partial charge in [0.05, 0.1) is 11.9 Å². The van der Waals surface area contributed by atoms with Gasteiger partial charge in [-0.15, -0.1) is 21.5 Å². The Morgan fingerprint density at radius 2 is 2.03 bits per heavy atom. The van der Waals surface area contributed by atoms with Crippen LogP contribution in [0.3, 0.4) is 0 Å². The number of rotatable bonds is 5. The zero-order chi connectivity index (χ0) is 21.4. The molecule has 0 radical (unpaired) electrons. The molecule has 0 saturated carbocycles. The average Bonchev–Trinajstić information content (AvgIpc) is 3.44. The molecule has 8 nitrogen and oxygen atoms in total. The number of aromatic nitrogens is 4. The van der Waals surface area contributed by atoms with E-state index in [2.05, 4.69) is 15.1 Å². The summed E-state index contributed by atoms with van der Waals surface area (Å²) in [6.07, 6.45) is 0.456. The number of hydrogen-bond acceptors (Lipinski definition) is 7. The fraction of sp³-hybridized carbons (Fsp3) is 0.333. The average molecular weight is 457 g/mol. The van der Waals surface area contributed by atoms with Crippen molar-refractivity contribution in [1.82, 2.24) is 24.5 Å². The number of halogens is 1. The zero-order valence-electron chi connectivity index (χ0n) is 17.0. The molecule has 3 aromatic heterocycles. The van der Waals surface area contributed by atoms with Crippen LogP contribution in [0.15, 0.2) is 35.7 Å². The van der Waals surface area contributed by atoms with Crippen LogP contribution in [0.5, 0.6) is 0 Å². The molecule has 4 aromatic rings. The summed E-state index contributed by atoms with van der Waals surface area (Å²) in [5.74, 6) is 1.59. The first kappa shape index (κ1) is 20.2. The molecule has 1 aliphatic rings. The van der Waals surface area contributed by atoms with Gasteiger partial charge in [-0.3, -0.25) is 4.79 Å². The molecule has 31 heavy (non-hydrogen) atoms. The zero-order valence-corrected chi connectivity index (χ0v) is 18.6. The Bertz CT molecular complexity index is 1230. The first-order valence-corrected chi connectivity index (χ1v) is 11.3. The molecule has 0 N–H and O–H groups in total. The third-order valence-electron chi connectivity index (χ3n) is 5.45. The molecule has 1 fully saturated rings. The maximum Gasteiger partial charge on any atom is 0.227 e. The number of piperazine rings is 1. The summed E-state index contributed by atoms with van der Waals surface area (Å²) in [6, 6.07) is 9.56. The quantitative estimate of drug-likeness (QED) is 0.459. The molecule has 1 aliphatic heterocycles. The van der Waals surface area contributed by atoms with Gasteiger partial charge in [0.2, 0.25) is 11.9 Å². The predicted octanol–water partition coefficient (Wildman–Crippen LogP) is 3.03. The van der Waals surface area contributed by atoms with Gasteiger partial charge >= 0.3 is 0 Å². The Morgan fingerprint density at radius 3 is 2.77 bits per heavy atom. The maximum absolute atomic E-state index is 12.7. The van der Waals surface area contributed by atoms with E-state index >= 15 is 0 Å². The van der Waals surface area contributed by atoms with Crippen LogP contribution >= 0.6 is 22.9 Å². The highest BCUT2D eigenvalue weighted by molar-refractivity contribution is 7.10. The van der Waals surface area contributed by atoms with E-state index in [-0.39, 0.29) is 5.91 Å². The minimum absolute atomic E-state index is 0.162. The second-order valence-corrected chi connectivity index (χ2v) is 8.87. The van der Waals surface area contributed by atoms with Gasteiger partial charge in [-0.05, 0) is 29.6 Å². The van der Waals surface area contributed by atoms with Crippen molar-refractivity contribution in [3.8, 4) is 0 Å². The van der Waals surface area contributed by atoms with Crippen LogP contribution in [0, 0.1) is 0 Å². The fourth-order valence-corrected chi connectivity index (χ4v) is 4.77. The lowest BCUT2D eigenvalue weighted by atomic mass is 10.2. The summed E-state index contributed by atoms with van der Waals surface area (Å²) in [5, 5.41) is 12.2. The SMILES string of the molecule is COCc1nnc2c3ccc(Cl)cc3nc(N3CCN(C(=O)Cc4cccs4)CC3)n12. The first-order chi connectivity index (χ1) is 15.1. The summed E-state index contributed by atoms with van der Waals surface area (Å²) >= 11 is 7.83. The summed E-state index contributed by atoms with van der Waals surface area (Å²) < 4.78 is 7.27. The van der Waals surface area contributed by atoms with E-state index in [1.807, 2.05) is 45.0 Å². The third-order valence-corrected chi connectivity index (χ3v) is 6.56. The first-order valence-electron chi connectivity index (χ1n) is 10.0. The van der Waals surface area contributed by atoms with Crippen LogP contribution < -0.4 is 4.90 Å². The molecule has 0 bridgehead atoms. The second-order valence-electron chi connectivity index (χ2n) is 7.41. The van der Waals surface area contributed by atoms with Crippen LogP contribution in [0.2, 0.25) is 5.02 Å². The predicted molar refractivity (Wildman–Crippen MR) is 121 cm³/mol. The van der Waals surface area contributed by atoms with E-state index in [1.165, 1.54) is 0 Å². The standard InChI is InChI=1S/C21H21ClN6O2S/c1-30-13-18-24-25-20-16-5-4-14(22)11-17(16)23-21(28(18)20)27-8-6-26(7-9-27)19(29)12-15-3-2-10-31-15/h2-5,10-11H,6-9,12-13H2,1H3. The van der Waals surface area contributed by atoms with Gasteiger partial charge in [0.25, 0.3) is 0 Å². The van der Waals surface area contributed by atoms with Crippen molar-refractivity contribution in [2.45, 2.75) is 13.0 Å². The highest BCUT2D eigenvalue weighted by Gasteiger charge is 2.25. The van der Waals surface area contributed by atoms with Gasteiger partial charge in [0, 0.05) is 48.6 Å². The van der Waals surface area contributed by atoms with Crippen molar-refractivity contribution >= 4 is 51.3 Å². The lowest BCUT2D eigenvalue weighted by molar-refractivity contribution is -0.130. The Hall–Kier alpha value is -2.75. The minimum Gasteiger partial charge on any atom is -0.377 e. The van der Waals surface area contributed by atoms with Gasteiger partial charge in [-0.25, -0.2) is 9.38 Å². The summed E-state index contributed by atoms with van der Waals surface area (Å²) in [7, 11) is 1.63.